The van der Waals surface area contributed by atoms with Crippen LogP contribution in [0.2, 0.25) is 0 Å². The maximum Gasteiger partial charge on any atom is 0.306 e. The van der Waals surface area contributed by atoms with E-state index in [4.69, 9.17) is 14.2 Å². The lowest BCUT2D eigenvalue weighted by Crippen LogP contribution is -2.30. The highest BCUT2D eigenvalue weighted by Gasteiger charge is 2.19. The molecule has 362 valence electrons. The van der Waals surface area contributed by atoms with E-state index in [1.807, 2.05) is 0 Å². The van der Waals surface area contributed by atoms with Crippen molar-refractivity contribution in [3.8, 4) is 0 Å². The van der Waals surface area contributed by atoms with Crippen molar-refractivity contribution in [3.63, 3.8) is 0 Å². The van der Waals surface area contributed by atoms with Gasteiger partial charge in [0.15, 0.2) is 6.10 Å². The van der Waals surface area contributed by atoms with Crippen LogP contribution in [0.1, 0.15) is 284 Å². The first-order chi connectivity index (χ1) is 30.5. The first-order valence-electron chi connectivity index (χ1n) is 27.0. The molecule has 0 aliphatic heterocycles. The second-order valence-electron chi connectivity index (χ2n) is 18.1. The number of hydrogen-bond acceptors (Lipinski definition) is 6. The Morgan fingerprint density at radius 1 is 0.306 bits per heavy atom. The van der Waals surface area contributed by atoms with Crippen LogP contribution in [0.5, 0.6) is 0 Å². The summed E-state index contributed by atoms with van der Waals surface area (Å²) in [5, 5.41) is 0. The van der Waals surface area contributed by atoms with Gasteiger partial charge < -0.3 is 14.2 Å². The molecular formula is C56H102O6. The fourth-order valence-corrected chi connectivity index (χ4v) is 7.72. The predicted octanol–water partition coefficient (Wildman–Crippen LogP) is 17.7. The molecule has 0 aromatic carbocycles. The molecule has 0 aromatic rings. The number of carbonyl (C=O) groups excluding carboxylic acids is 3. The van der Waals surface area contributed by atoms with Gasteiger partial charge in [0.2, 0.25) is 0 Å². The molecule has 0 N–H and O–H groups in total. The molecule has 0 aliphatic carbocycles. The van der Waals surface area contributed by atoms with Gasteiger partial charge >= 0.3 is 17.9 Å². The van der Waals surface area contributed by atoms with Gasteiger partial charge in [-0.15, -0.1) is 0 Å². The van der Waals surface area contributed by atoms with E-state index in [1.165, 1.54) is 167 Å². The van der Waals surface area contributed by atoms with Crippen LogP contribution < -0.4 is 0 Å². The van der Waals surface area contributed by atoms with Crippen LogP contribution in [0.4, 0.5) is 0 Å². The van der Waals surface area contributed by atoms with E-state index in [2.05, 4.69) is 57.2 Å². The summed E-state index contributed by atoms with van der Waals surface area (Å²) in [4.78, 5) is 38.0. The normalized spacial score (nSPS) is 12.2. The van der Waals surface area contributed by atoms with Crippen molar-refractivity contribution in [1.29, 1.82) is 0 Å². The van der Waals surface area contributed by atoms with Crippen molar-refractivity contribution < 1.29 is 28.6 Å². The van der Waals surface area contributed by atoms with Crippen molar-refractivity contribution in [2.75, 3.05) is 13.2 Å². The number of esters is 3. The van der Waals surface area contributed by atoms with Crippen molar-refractivity contribution >= 4 is 17.9 Å². The zero-order chi connectivity index (χ0) is 45.1. The monoisotopic (exact) mass is 871 g/mol. The third-order valence-electron chi connectivity index (χ3n) is 11.8. The van der Waals surface area contributed by atoms with Crippen molar-refractivity contribution in [3.05, 3.63) is 36.5 Å². The van der Waals surface area contributed by atoms with Crippen LogP contribution in [-0.4, -0.2) is 37.2 Å². The molecule has 0 fully saturated rings. The van der Waals surface area contributed by atoms with Gasteiger partial charge in [-0.3, -0.25) is 14.4 Å². The summed E-state index contributed by atoms with van der Waals surface area (Å²) in [7, 11) is 0. The van der Waals surface area contributed by atoms with Crippen molar-refractivity contribution in [2.45, 2.75) is 290 Å². The number of unbranched alkanes of at least 4 members (excludes halogenated alkanes) is 32. The Morgan fingerprint density at radius 2 is 0.532 bits per heavy atom. The number of allylic oxidation sites excluding steroid dienone is 6. The maximum atomic E-state index is 12.8. The molecule has 1 unspecified atom stereocenters. The second kappa shape index (κ2) is 51.3. The first kappa shape index (κ1) is 59.6. The van der Waals surface area contributed by atoms with Crippen LogP contribution in [0.25, 0.3) is 0 Å². The van der Waals surface area contributed by atoms with Crippen LogP contribution in [-0.2, 0) is 28.6 Å². The molecule has 0 rings (SSSR count). The fourth-order valence-electron chi connectivity index (χ4n) is 7.72. The molecule has 6 nitrogen and oxygen atoms in total. The molecule has 0 amide bonds. The Morgan fingerprint density at radius 3 is 0.839 bits per heavy atom. The van der Waals surface area contributed by atoms with E-state index in [0.717, 1.165) is 77.0 Å². The van der Waals surface area contributed by atoms with E-state index in [1.54, 1.807) is 0 Å². The Balaban J connectivity index is 4.38. The highest BCUT2D eigenvalue weighted by Crippen LogP contribution is 2.15. The van der Waals surface area contributed by atoms with Crippen LogP contribution >= 0.6 is 0 Å². The standard InChI is InChI=1S/C56H102O6/c1-4-7-10-13-16-19-22-25-27-29-31-34-37-40-43-46-49-55(58)61-52-53(51-60-54(57)48-45-42-39-36-33-24-21-18-15-12-9-6-3)62-56(59)50-47-44-41-38-35-32-30-28-26-23-20-17-14-11-8-5-2/h18,21,27-30,53H,4-17,19-20,22-26,31-52H2,1-3H3/b21-18-,29-27-,30-28-. The van der Waals surface area contributed by atoms with Crippen LogP contribution in [0.15, 0.2) is 36.5 Å². The molecule has 0 aliphatic rings. The lowest BCUT2D eigenvalue weighted by Gasteiger charge is -2.18. The van der Waals surface area contributed by atoms with Crippen molar-refractivity contribution in [1.82, 2.24) is 0 Å². The molecule has 0 spiro atoms. The fraction of sp³-hybridized carbons (Fsp3) is 0.839. The van der Waals surface area contributed by atoms with Gasteiger partial charge in [0, 0.05) is 19.3 Å². The Bertz CT molecular complexity index is 1050. The average molecular weight is 871 g/mol. The van der Waals surface area contributed by atoms with E-state index in [9.17, 15) is 14.4 Å². The third-order valence-corrected chi connectivity index (χ3v) is 11.8. The second-order valence-corrected chi connectivity index (χ2v) is 18.1. The first-order valence-corrected chi connectivity index (χ1v) is 27.0. The molecule has 0 saturated heterocycles. The molecule has 0 bridgehead atoms. The molecule has 0 radical (unpaired) electrons. The van der Waals surface area contributed by atoms with Gasteiger partial charge in [-0.25, -0.2) is 0 Å². The predicted molar refractivity (Wildman–Crippen MR) is 266 cm³/mol. The van der Waals surface area contributed by atoms with Gasteiger partial charge in [0.05, 0.1) is 0 Å². The minimum absolute atomic E-state index is 0.0808. The highest BCUT2D eigenvalue weighted by atomic mass is 16.6. The summed E-state index contributed by atoms with van der Waals surface area (Å²) in [6, 6.07) is 0. The van der Waals surface area contributed by atoms with E-state index in [-0.39, 0.29) is 31.1 Å². The smallest absolute Gasteiger partial charge is 0.306 e. The van der Waals surface area contributed by atoms with Gasteiger partial charge in [-0.1, -0.05) is 205 Å². The number of carbonyl (C=O) groups is 3. The number of ether oxygens (including phenoxy) is 3. The Kier molecular flexibility index (Phi) is 49.3. The van der Waals surface area contributed by atoms with E-state index in [0.29, 0.717) is 19.3 Å². The number of hydrogen-bond donors (Lipinski definition) is 0. The average Bonchev–Trinajstić information content (AvgIpc) is 3.27. The molecule has 0 saturated carbocycles. The van der Waals surface area contributed by atoms with Gasteiger partial charge in [0.25, 0.3) is 0 Å². The summed E-state index contributed by atoms with van der Waals surface area (Å²) in [6.45, 7) is 6.61. The largest absolute Gasteiger partial charge is 0.462 e. The molecule has 0 aromatic heterocycles. The molecule has 62 heavy (non-hydrogen) atoms. The number of rotatable bonds is 49. The summed E-state index contributed by atoms with van der Waals surface area (Å²) >= 11 is 0. The lowest BCUT2D eigenvalue weighted by molar-refractivity contribution is -0.167. The SMILES string of the molecule is CCCCC/C=C\CCCCCCCC(=O)OCC(COC(=O)CCCCCCC/C=C\CCCCCCCCC)OC(=O)CCCCCCC/C=C\CCCCCCCCC. The topological polar surface area (TPSA) is 78.9 Å². The molecule has 0 heterocycles. The van der Waals surface area contributed by atoms with Crippen LogP contribution in [0, 0.1) is 0 Å². The summed E-state index contributed by atoms with van der Waals surface area (Å²) in [5.41, 5.74) is 0. The molecular weight excluding hydrogens is 769 g/mol. The van der Waals surface area contributed by atoms with E-state index < -0.39 is 6.10 Å². The maximum absolute atomic E-state index is 12.8. The van der Waals surface area contributed by atoms with Gasteiger partial charge in [-0.05, 0) is 96.3 Å². The van der Waals surface area contributed by atoms with Crippen molar-refractivity contribution in [2.24, 2.45) is 0 Å². The summed E-state index contributed by atoms with van der Waals surface area (Å²) in [6.07, 6.45) is 59.8. The zero-order valence-electron chi connectivity index (χ0n) is 41.4. The van der Waals surface area contributed by atoms with Gasteiger partial charge in [-0.2, -0.15) is 0 Å². The van der Waals surface area contributed by atoms with Crippen LogP contribution in [0.3, 0.4) is 0 Å². The Labute approximate surface area is 385 Å². The summed E-state index contributed by atoms with van der Waals surface area (Å²) < 4.78 is 16.8. The molecule has 6 heteroatoms. The third kappa shape index (κ3) is 48.7. The van der Waals surface area contributed by atoms with E-state index >= 15 is 0 Å². The molecule has 1 atom stereocenters. The van der Waals surface area contributed by atoms with Gasteiger partial charge in [0.1, 0.15) is 13.2 Å². The zero-order valence-corrected chi connectivity index (χ0v) is 41.4. The minimum atomic E-state index is -0.780. The summed E-state index contributed by atoms with van der Waals surface area (Å²) in [5.74, 6) is -0.896. The minimum Gasteiger partial charge on any atom is -0.462 e. The highest BCUT2D eigenvalue weighted by molar-refractivity contribution is 5.71. The lowest BCUT2D eigenvalue weighted by atomic mass is 10.1. The Hall–Kier alpha value is -2.37. The quantitative estimate of drug-likeness (QED) is 0.0262.